The van der Waals surface area contributed by atoms with Gasteiger partial charge in [-0.1, -0.05) is 12.1 Å². The Hall–Kier alpha value is -1.39. The minimum absolute atomic E-state index is 0.209. The van der Waals surface area contributed by atoms with Gasteiger partial charge in [-0.2, -0.15) is 0 Å². The molecule has 4 heteroatoms. The van der Waals surface area contributed by atoms with Crippen molar-refractivity contribution in [2.24, 2.45) is 0 Å². The molecule has 0 fully saturated rings. The minimum atomic E-state index is -0.897. The lowest BCUT2D eigenvalue weighted by atomic mass is 10.1. The van der Waals surface area contributed by atoms with Gasteiger partial charge in [0, 0.05) is 19.7 Å². The van der Waals surface area contributed by atoms with Crippen LogP contribution in [-0.2, 0) is 11.3 Å². The maximum Gasteiger partial charge on any atom is 0.335 e. The zero-order chi connectivity index (χ0) is 13.6. The molecule has 18 heavy (non-hydrogen) atoms. The highest BCUT2D eigenvalue weighted by Crippen LogP contribution is 2.09. The molecule has 0 saturated carbocycles. The van der Waals surface area contributed by atoms with Crippen LogP contribution in [0.15, 0.2) is 24.3 Å². The van der Waals surface area contributed by atoms with Gasteiger partial charge in [0.05, 0.1) is 11.2 Å². The second kappa shape index (κ2) is 6.52. The predicted molar refractivity (Wildman–Crippen MR) is 70.8 cm³/mol. The molecule has 0 amide bonds. The zero-order valence-electron chi connectivity index (χ0n) is 11.2. The van der Waals surface area contributed by atoms with E-state index in [1.165, 1.54) is 0 Å². The van der Waals surface area contributed by atoms with E-state index >= 15 is 0 Å². The zero-order valence-corrected chi connectivity index (χ0v) is 11.2. The van der Waals surface area contributed by atoms with Crippen LogP contribution in [0.5, 0.6) is 0 Å². The quantitative estimate of drug-likeness (QED) is 0.780. The van der Waals surface area contributed by atoms with Crippen LogP contribution in [0.25, 0.3) is 0 Å². The number of carboxylic acids is 1. The van der Waals surface area contributed by atoms with E-state index in [1.807, 2.05) is 26.8 Å². The number of benzene rings is 1. The first-order valence-electron chi connectivity index (χ1n) is 6.11. The van der Waals surface area contributed by atoms with Gasteiger partial charge in [-0.05, 0) is 38.5 Å². The van der Waals surface area contributed by atoms with E-state index in [0.29, 0.717) is 18.7 Å². The molecule has 1 rings (SSSR count). The molecule has 1 aromatic rings. The van der Waals surface area contributed by atoms with Gasteiger partial charge in [-0.25, -0.2) is 4.79 Å². The van der Waals surface area contributed by atoms with E-state index in [9.17, 15) is 4.79 Å². The summed E-state index contributed by atoms with van der Waals surface area (Å²) in [5.41, 5.74) is 1.07. The van der Waals surface area contributed by atoms with Crippen molar-refractivity contribution in [1.82, 2.24) is 5.32 Å². The normalized spacial score (nSPS) is 11.5. The Kier molecular flexibility index (Phi) is 5.31. The fourth-order valence-electron chi connectivity index (χ4n) is 1.76. The van der Waals surface area contributed by atoms with Gasteiger partial charge in [0.1, 0.15) is 0 Å². The number of hydrogen-bond acceptors (Lipinski definition) is 3. The molecule has 0 bridgehead atoms. The van der Waals surface area contributed by atoms with Crippen LogP contribution >= 0.6 is 0 Å². The van der Waals surface area contributed by atoms with Gasteiger partial charge >= 0.3 is 5.97 Å². The smallest absolute Gasteiger partial charge is 0.335 e. The Balaban J connectivity index is 2.49. The number of hydrogen-bond donors (Lipinski definition) is 2. The van der Waals surface area contributed by atoms with Crippen LogP contribution in [0.2, 0.25) is 0 Å². The van der Waals surface area contributed by atoms with Gasteiger partial charge in [-0.3, -0.25) is 0 Å². The summed E-state index contributed by atoms with van der Waals surface area (Å²) in [6, 6.07) is 6.94. The fourth-order valence-corrected chi connectivity index (χ4v) is 1.76. The summed E-state index contributed by atoms with van der Waals surface area (Å²) in [4.78, 5) is 10.8. The first kappa shape index (κ1) is 14.7. The summed E-state index contributed by atoms with van der Waals surface area (Å²) < 4.78 is 5.57. The molecule has 100 valence electrons. The van der Waals surface area contributed by atoms with Gasteiger partial charge in [0.15, 0.2) is 0 Å². The van der Waals surface area contributed by atoms with E-state index in [1.54, 1.807) is 18.2 Å². The van der Waals surface area contributed by atoms with Crippen molar-refractivity contribution in [3.8, 4) is 0 Å². The third-order valence-electron chi connectivity index (χ3n) is 2.59. The topological polar surface area (TPSA) is 58.6 Å². The van der Waals surface area contributed by atoms with Crippen LogP contribution in [0.3, 0.4) is 0 Å². The van der Waals surface area contributed by atoms with Crippen molar-refractivity contribution in [3.05, 3.63) is 35.4 Å². The molecule has 0 heterocycles. The largest absolute Gasteiger partial charge is 0.478 e. The van der Waals surface area contributed by atoms with Crippen molar-refractivity contribution >= 4 is 5.97 Å². The molecule has 0 radical (unpaired) electrons. The van der Waals surface area contributed by atoms with Crippen molar-refractivity contribution in [1.29, 1.82) is 0 Å². The summed E-state index contributed by atoms with van der Waals surface area (Å²) in [7, 11) is 0. The van der Waals surface area contributed by atoms with Gasteiger partial charge < -0.3 is 15.2 Å². The fraction of sp³-hybridized carbons (Fsp3) is 0.500. The monoisotopic (exact) mass is 251 g/mol. The standard InChI is InChI=1S/C14H21NO3/c1-4-18-14(2,3)10-15-9-11-6-5-7-12(8-11)13(16)17/h5-8,15H,4,9-10H2,1-3H3,(H,16,17). The highest BCUT2D eigenvalue weighted by atomic mass is 16.5. The number of nitrogens with one attached hydrogen (secondary N) is 1. The average Bonchev–Trinajstić information content (AvgIpc) is 2.29. The second-order valence-electron chi connectivity index (χ2n) is 4.80. The van der Waals surface area contributed by atoms with Crippen molar-refractivity contribution in [3.63, 3.8) is 0 Å². The molecule has 0 atom stereocenters. The molecular formula is C14H21NO3. The maximum atomic E-state index is 10.8. The molecule has 0 saturated heterocycles. The van der Waals surface area contributed by atoms with E-state index < -0.39 is 5.97 Å². The van der Waals surface area contributed by atoms with Crippen LogP contribution in [0, 0.1) is 0 Å². The highest BCUT2D eigenvalue weighted by Gasteiger charge is 2.16. The van der Waals surface area contributed by atoms with Gasteiger partial charge in [0.25, 0.3) is 0 Å². The number of aromatic carboxylic acids is 1. The first-order chi connectivity index (χ1) is 8.44. The maximum absolute atomic E-state index is 10.8. The summed E-state index contributed by atoms with van der Waals surface area (Å²) >= 11 is 0. The molecular weight excluding hydrogens is 230 g/mol. The second-order valence-corrected chi connectivity index (χ2v) is 4.80. The molecule has 0 aromatic heterocycles. The Morgan fingerprint density at radius 1 is 1.44 bits per heavy atom. The lowest BCUT2D eigenvalue weighted by Gasteiger charge is -2.25. The number of carboxylic acid groups (broad SMARTS) is 1. The van der Waals surface area contributed by atoms with Crippen molar-refractivity contribution in [2.75, 3.05) is 13.2 Å². The van der Waals surface area contributed by atoms with Gasteiger partial charge in [-0.15, -0.1) is 0 Å². The van der Waals surface area contributed by atoms with E-state index in [-0.39, 0.29) is 5.60 Å². The average molecular weight is 251 g/mol. The van der Waals surface area contributed by atoms with Crippen LogP contribution in [-0.4, -0.2) is 29.8 Å². The third kappa shape index (κ3) is 4.85. The molecule has 0 aliphatic carbocycles. The van der Waals surface area contributed by atoms with Crippen molar-refractivity contribution < 1.29 is 14.6 Å². The van der Waals surface area contributed by atoms with Crippen molar-refractivity contribution in [2.45, 2.75) is 32.9 Å². The Bertz CT molecular complexity index is 402. The van der Waals surface area contributed by atoms with Crippen LogP contribution in [0.1, 0.15) is 36.7 Å². The summed E-state index contributed by atoms with van der Waals surface area (Å²) in [5.74, 6) is -0.897. The number of ether oxygens (including phenoxy) is 1. The lowest BCUT2D eigenvalue weighted by molar-refractivity contribution is -0.00898. The Labute approximate surface area is 108 Å². The van der Waals surface area contributed by atoms with E-state index in [4.69, 9.17) is 9.84 Å². The molecule has 0 spiro atoms. The third-order valence-corrected chi connectivity index (χ3v) is 2.59. The lowest BCUT2D eigenvalue weighted by Crippen LogP contribution is -2.37. The van der Waals surface area contributed by atoms with E-state index in [0.717, 1.165) is 12.1 Å². The molecule has 0 aliphatic heterocycles. The summed E-state index contributed by atoms with van der Waals surface area (Å²) in [6.45, 7) is 8.06. The number of carbonyl (C=O) groups is 1. The van der Waals surface area contributed by atoms with Crippen LogP contribution in [0.4, 0.5) is 0 Å². The molecule has 4 nitrogen and oxygen atoms in total. The summed E-state index contributed by atoms with van der Waals surface area (Å²) in [5, 5.41) is 12.2. The first-order valence-corrected chi connectivity index (χ1v) is 6.11. The molecule has 0 unspecified atom stereocenters. The highest BCUT2D eigenvalue weighted by molar-refractivity contribution is 5.87. The molecule has 1 aromatic carbocycles. The number of rotatable bonds is 7. The van der Waals surface area contributed by atoms with Gasteiger partial charge in [0.2, 0.25) is 0 Å². The minimum Gasteiger partial charge on any atom is -0.478 e. The Morgan fingerprint density at radius 3 is 2.78 bits per heavy atom. The van der Waals surface area contributed by atoms with E-state index in [2.05, 4.69) is 5.32 Å². The molecule has 2 N–H and O–H groups in total. The predicted octanol–water partition coefficient (Wildman–Crippen LogP) is 2.29. The summed E-state index contributed by atoms with van der Waals surface area (Å²) in [6.07, 6.45) is 0. The molecule has 0 aliphatic rings. The SMILES string of the molecule is CCOC(C)(C)CNCc1cccc(C(=O)O)c1. The van der Waals surface area contributed by atoms with Crippen LogP contribution < -0.4 is 5.32 Å². The Morgan fingerprint density at radius 2 is 2.17 bits per heavy atom.